The van der Waals surface area contributed by atoms with Crippen LogP contribution >= 0.6 is 11.8 Å². The molecule has 1 radical (unpaired) electrons. The fourth-order valence-electron chi connectivity index (χ4n) is 1.02. The summed E-state index contributed by atoms with van der Waals surface area (Å²) >= 11 is 1.96. The Morgan fingerprint density at radius 1 is 1.33 bits per heavy atom. The van der Waals surface area contributed by atoms with Gasteiger partial charge in [-0.3, -0.25) is 4.79 Å². The number of hydrogen-bond donors (Lipinski definition) is 0. The van der Waals surface area contributed by atoms with Crippen molar-refractivity contribution < 1.29 is 4.79 Å². The predicted octanol–water partition coefficient (Wildman–Crippen LogP) is 1.63. The molecular weight excluding hydrogens is 132 g/mol. The van der Waals surface area contributed by atoms with Crippen LogP contribution in [0.25, 0.3) is 0 Å². The van der Waals surface area contributed by atoms with Crippen LogP contribution < -0.4 is 0 Å². The zero-order chi connectivity index (χ0) is 6.53. The Balaban J connectivity index is 2.26. The van der Waals surface area contributed by atoms with E-state index in [9.17, 15) is 4.79 Å². The molecule has 1 atom stereocenters. The number of thioether (sulfide) groups is 1. The van der Waals surface area contributed by atoms with Gasteiger partial charge >= 0.3 is 0 Å². The van der Waals surface area contributed by atoms with E-state index in [2.05, 4.69) is 6.29 Å². The number of carbonyl (C=O) groups excluding carboxylic acids is 1. The van der Waals surface area contributed by atoms with Crippen LogP contribution in [0.1, 0.15) is 19.3 Å². The molecule has 51 valence electrons. The van der Waals surface area contributed by atoms with Crippen LogP contribution in [-0.4, -0.2) is 17.8 Å². The van der Waals surface area contributed by atoms with Gasteiger partial charge in [0.05, 0.1) is 0 Å². The second kappa shape index (κ2) is 3.94. The largest absolute Gasteiger partial charge is 0.291 e. The van der Waals surface area contributed by atoms with Crippen molar-refractivity contribution in [3.63, 3.8) is 0 Å². The van der Waals surface area contributed by atoms with E-state index in [0.717, 1.165) is 18.6 Å². The maximum Gasteiger partial charge on any atom is 0.201 e. The minimum absolute atomic E-state index is 0.250. The summed E-state index contributed by atoms with van der Waals surface area (Å²) < 4.78 is 0. The van der Waals surface area contributed by atoms with E-state index in [1.54, 1.807) is 0 Å². The van der Waals surface area contributed by atoms with Crippen LogP contribution in [0.5, 0.6) is 0 Å². The van der Waals surface area contributed by atoms with E-state index < -0.39 is 0 Å². The molecule has 0 aromatic carbocycles. The monoisotopic (exact) mass is 143 g/mol. The smallest absolute Gasteiger partial charge is 0.201 e. The highest BCUT2D eigenvalue weighted by Crippen LogP contribution is 2.19. The molecule has 0 aromatic heterocycles. The van der Waals surface area contributed by atoms with Crippen LogP contribution in [0.4, 0.5) is 0 Å². The number of rotatable bonds is 1. The van der Waals surface area contributed by atoms with Crippen molar-refractivity contribution in [2.45, 2.75) is 19.3 Å². The first-order valence-corrected chi connectivity index (χ1v) is 4.54. The highest BCUT2D eigenvalue weighted by atomic mass is 32.2. The van der Waals surface area contributed by atoms with Gasteiger partial charge in [0.1, 0.15) is 0 Å². The minimum Gasteiger partial charge on any atom is -0.291 e. The fourth-order valence-corrected chi connectivity index (χ4v) is 2.05. The molecule has 9 heavy (non-hydrogen) atoms. The molecule has 1 saturated heterocycles. The van der Waals surface area contributed by atoms with Crippen molar-refractivity contribution >= 4 is 18.0 Å². The normalized spacial score (nSPS) is 29.1. The molecule has 1 heterocycles. The van der Waals surface area contributed by atoms with E-state index >= 15 is 0 Å². The van der Waals surface area contributed by atoms with E-state index in [1.165, 1.54) is 12.2 Å². The molecule has 0 bridgehead atoms. The molecule has 0 aliphatic carbocycles. The van der Waals surface area contributed by atoms with E-state index in [0.29, 0.717) is 0 Å². The third-order valence-electron chi connectivity index (χ3n) is 1.62. The fraction of sp³-hybridized carbons (Fsp3) is 0.857. The van der Waals surface area contributed by atoms with Gasteiger partial charge in [0.15, 0.2) is 0 Å². The Morgan fingerprint density at radius 2 is 2.22 bits per heavy atom. The standard InChI is InChI=1S/C7H11OS/c8-6-7-2-1-4-9-5-3-7/h7H,1-5H2. The Morgan fingerprint density at radius 3 is 3.00 bits per heavy atom. The Labute approximate surface area is 60.2 Å². The van der Waals surface area contributed by atoms with Crippen molar-refractivity contribution in [2.75, 3.05) is 11.5 Å². The van der Waals surface area contributed by atoms with Gasteiger partial charge in [-0.1, -0.05) is 0 Å². The van der Waals surface area contributed by atoms with Crippen molar-refractivity contribution in [3.05, 3.63) is 0 Å². The Hall–Kier alpha value is 0.0200. The van der Waals surface area contributed by atoms with Crippen LogP contribution in [0, 0.1) is 5.92 Å². The molecule has 0 aromatic rings. The molecule has 0 N–H and O–H groups in total. The predicted molar refractivity (Wildman–Crippen MR) is 40.4 cm³/mol. The molecule has 0 saturated carbocycles. The third kappa shape index (κ3) is 2.39. The molecule has 1 fully saturated rings. The van der Waals surface area contributed by atoms with Gasteiger partial charge in [0, 0.05) is 5.92 Å². The molecule has 1 aliphatic rings. The second-order valence-corrected chi connectivity index (χ2v) is 3.58. The van der Waals surface area contributed by atoms with Crippen molar-refractivity contribution in [1.82, 2.24) is 0 Å². The van der Waals surface area contributed by atoms with Gasteiger partial charge in [-0.15, -0.1) is 0 Å². The quantitative estimate of drug-likeness (QED) is 0.555. The SMILES string of the molecule is O=[C]C1CCCSCC1. The molecule has 1 rings (SSSR count). The molecule has 1 unspecified atom stereocenters. The van der Waals surface area contributed by atoms with Gasteiger partial charge in [-0.25, -0.2) is 0 Å². The average molecular weight is 143 g/mol. The van der Waals surface area contributed by atoms with Crippen molar-refractivity contribution in [1.29, 1.82) is 0 Å². The van der Waals surface area contributed by atoms with E-state index in [-0.39, 0.29) is 5.92 Å². The lowest BCUT2D eigenvalue weighted by molar-refractivity contribution is 0.502. The van der Waals surface area contributed by atoms with Gasteiger partial charge in [0.25, 0.3) is 0 Å². The summed E-state index contributed by atoms with van der Waals surface area (Å²) in [4.78, 5) is 10.2. The highest BCUT2D eigenvalue weighted by Gasteiger charge is 2.10. The van der Waals surface area contributed by atoms with Crippen LogP contribution in [-0.2, 0) is 4.79 Å². The van der Waals surface area contributed by atoms with Crippen LogP contribution in [0.15, 0.2) is 0 Å². The molecule has 1 aliphatic heterocycles. The zero-order valence-electron chi connectivity index (χ0n) is 5.43. The zero-order valence-corrected chi connectivity index (χ0v) is 6.25. The Kier molecular flexibility index (Phi) is 3.12. The van der Waals surface area contributed by atoms with Crippen molar-refractivity contribution in [3.8, 4) is 0 Å². The minimum atomic E-state index is 0.250. The maximum absolute atomic E-state index is 10.2. The topological polar surface area (TPSA) is 17.1 Å². The second-order valence-electron chi connectivity index (χ2n) is 2.36. The first-order valence-electron chi connectivity index (χ1n) is 3.39. The summed E-state index contributed by atoms with van der Waals surface area (Å²) in [5, 5.41) is 0. The molecule has 0 amide bonds. The molecular formula is C7H11OS. The summed E-state index contributed by atoms with van der Waals surface area (Å²) in [7, 11) is 0. The van der Waals surface area contributed by atoms with Gasteiger partial charge in [-0.2, -0.15) is 11.8 Å². The highest BCUT2D eigenvalue weighted by molar-refractivity contribution is 7.99. The van der Waals surface area contributed by atoms with Gasteiger partial charge in [-0.05, 0) is 30.8 Å². The molecule has 1 nitrogen and oxygen atoms in total. The summed E-state index contributed by atoms with van der Waals surface area (Å²) in [6, 6.07) is 0. The first-order chi connectivity index (χ1) is 4.43. The lowest BCUT2D eigenvalue weighted by Gasteiger charge is -1.99. The third-order valence-corrected chi connectivity index (χ3v) is 2.72. The van der Waals surface area contributed by atoms with Crippen molar-refractivity contribution in [2.24, 2.45) is 5.92 Å². The summed E-state index contributed by atoms with van der Waals surface area (Å²) in [5.74, 6) is 2.64. The lowest BCUT2D eigenvalue weighted by Crippen LogP contribution is -2.00. The molecule has 2 heteroatoms. The summed E-state index contributed by atoms with van der Waals surface area (Å²) in [5.41, 5.74) is 0. The van der Waals surface area contributed by atoms with E-state index in [4.69, 9.17) is 0 Å². The Bertz CT molecular complexity index is 84.9. The average Bonchev–Trinajstić information content (AvgIpc) is 2.13. The summed E-state index contributed by atoms with van der Waals surface area (Å²) in [6.45, 7) is 0. The number of hydrogen-bond acceptors (Lipinski definition) is 2. The van der Waals surface area contributed by atoms with Gasteiger partial charge in [0.2, 0.25) is 6.29 Å². The van der Waals surface area contributed by atoms with Crippen LogP contribution in [0.2, 0.25) is 0 Å². The van der Waals surface area contributed by atoms with E-state index in [1.807, 2.05) is 11.8 Å². The lowest BCUT2D eigenvalue weighted by atomic mass is 10.0. The molecule has 0 spiro atoms. The summed E-state index contributed by atoms with van der Waals surface area (Å²) in [6.07, 6.45) is 5.40. The first kappa shape index (κ1) is 7.13. The van der Waals surface area contributed by atoms with Gasteiger partial charge < -0.3 is 0 Å². The van der Waals surface area contributed by atoms with Crippen LogP contribution in [0.3, 0.4) is 0 Å². The maximum atomic E-state index is 10.2.